The molecule has 0 spiro atoms. The number of benzene rings is 2. The second-order valence-corrected chi connectivity index (χ2v) is 5.07. The first-order valence-electron chi connectivity index (χ1n) is 6.82. The van der Waals surface area contributed by atoms with Crippen molar-refractivity contribution in [3.63, 3.8) is 0 Å². The van der Waals surface area contributed by atoms with Crippen LogP contribution in [0.1, 0.15) is 11.1 Å². The van der Waals surface area contributed by atoms with Crippen molar-refractivity contribution < 1.29 is 10.2 Å². The van der Waals surface area contributed by atoms with Crippen molar-refractivity contribution in [2.24, 2.45) is 0 Å². The molecule has 0 amide bonds. The van der Waals surface area contributed by atoms with Crippen molar-refractivity contribution in [2.75, 3.05) is 13.7 Å². The lowest BCUT2D eigenvalue weighted by molar-refractivity contribution is 0.140. The molecule has 20 heavy (non-hydrogen) atoms. The normalized spacial score (nSPS) is 12.6. The van der Waals surface area contributed by atoms with Crippen molar-refractivity contribution in [3.8, 4) is 5.75 Å². The fraction of sp³-hybridized carbons (Fsp3) is 0.294. The zero-order valence-corrected chi connectivity index (χ0v) is 11.7. The van der Waals surface area contributed by atoms with Gasteiger partial charge in [0.1, 0.15) is 5.75 Å². The molecule has 2 rings (SSSR count). The Bertz CT molecular complexity index is 528. The number of likely N-dealkylation sites (N-methyl/N-ethyl adjacent to an activating group) is 1. The summed E-state index contributed by atoms with van der Waals surface area (Å²) in [6.07, 6.45) is 0.793. The summed E-state index contributed by atoms with van der Waals surface area (Å²) in [5.74, 6) is 0.302. The molecule has 0 radical (unpaired) electrons. The minimum Gasteiger partial charge on any atom is -0.508 e. The van der Waals surface area contributed by atoms with E-state index in [4.69, 9.17) is 0 Å². The van der Waals surface area contributed by atoms with Crippen LogP contribution >= 0.6 is 0 Å². The number of para-hydroxylation sites is 1. The van der Waals surface area contributed by atoms with Crippen LogP contribution in [0.15, 0.2) is 54.6 Å². The highest BCUT2D eigenvalue weighted by Crippen LogP contribution is 2.19. The van der Waals surface area contributed by atoms with E-state index in [2.05, 4.69) is 17.0 Å². The monoisotopic (exact) mass is 271 g/mol. The quantitative estimate of drug-likeness (QED) is 0.848. The maximum atomic E-state index is 9.81. The molecule has 0 bridgehead atoms. The predicted octanol–water partition coefficient (Wildman–Crippen LogP) is 2.43. The number of hydrogen-bond acceptors (Lipinski definition) is 3. The van der Waals surface area contributed by atoms with Crippen molar-refractivity contribution in [1.29, 1.82) is 0 Å². The van der Waals surface area contributed by atoms with Crippen LogP contribution in [0.5, 0.6) is 5.75 Å². The molecule has 2 aromatic rings. The molecular weight excluding hydrogens is 250 g/mol. The molecule has 0 aliphatic rings. The first-order valence-corrected chi connectivity index (χ1v) is 6.82. The largest absolute Gasteiger partial charge is 0.508 e. The van der Waals surface area contributed by atoms with Crippen LogP contribution in [0.3, 0.4) is 0 Å². The summed E-state index contributed by atoms with van der Waals surface area (Å²) in [4.78, 5) is 2.07. The summed E-state index contributed by atoms with van der Waals surface area (Å²) in [5, 5.41) is 19.4. The van der Waals surface area contributed by atoms with Gasteiger partial charge in [0.15, 0.2) is 0 Å². The molecule has 0 saturated heterocycles. The van der Waals surface area contributed by atoms with E-state index in [-0.39, 0.29) is 12.6 Å². The van der Waals surface area contributed by atoms with Crippen LogP contribution in [0, 0.1) is 0 Å². The minimum absolute atomic E-state index is 0.0389. The molecule has 0 unspecified atom stereocenters. The minimum atomic E-state index is 0.0389. The molecule has 106 valence electrons. The molecule has 0 saturated carbocycles. The van der Waals surface area contributed by atoms with E-state index < -0.39 is 0 Å². The molecule has 2 N–H and O–H groups in total. The summed E-state index contributed by atoms with van der Waals surface area (Å²) in [5.41, 5.74) is 2.08. The topological polar surface area (TPSA) is 43.7 Å². The van der Waals surface area contributed by atoms with Crippen LogP contribution in [0.25, 0.3) is 0 Å². The Morgan fingerprint density at radius 3 is 2.30 bits per heavy atom. The van der Waals surface area contributed by atoms with Gasteiger partial charge in [0.25, 0.3) is 0 Å². The van der Waals surface area contributed by atoms with Gasteiger partial charge in [0, 0.05) is 18.2 Å². The lowest BCUT2D eigenvalue weighted by Crippen LogP contribution is -2.36. The van der Waals surface area contributed by atoms with Crippen LogP contribution in [0.2, 0.25) is 0 Å². The zero-order chi connectivity index (χ0) is 14.4. The summed E-state index contributed by atoms with van der Waals surface area (Å²) in [6.45, 7) is 0.712. The number of aliphatic hydroxyl groups excluding tert-OH is 1. The van der Waals surface area contributed by atoms with Crippen molar-refractivity contribution >= 4 is 0 Å². The summed E-state index contributed by atoms with van der Waals surface area (Å²) >= 11 is 0. The van der Waals surface area contributed by atoms with E-state index in [9.17, 15) is 10.2 Å². The number of phenolic OH excluding ortho intramolecular Hbond substituents is 1. The summed E-state index contributed by atoms with van der Waals surface area (Å²) in [6, 6.07) is 17.5. The average molecular weight is 271 g/mol. The molecule has 0 aromatic heterocycles. The van der Waals surface area contributed by atoms with E-state index >= 15 is 0 Å². The third-order valence-electron chi connectivity index (χ3n) is 3.56. The Labute approximate surface area is 120 Å². The molecule has 0 heterocycles. The third kappa shape index (κ3) is 3.83. The second kappa shape index (κ2) is 7.08. The van der Waals surface area contributed by atoms with E-state index in [1.165, 1.54) is 5.56 Å². The number of phenols is 1. The van der Waals surface area contributed by atoms with Gasteiger partial charge in [-0.05, 0) is 25.1 Å². The Hall–Kier alpha value is -1.84. The second-order valence-electron chi connectivity index (χ2n) is 5.07. The maximum Gasteiger partial charge on any atom is 0.120 e. The Morgan fingerprint density at radius 2 is 1.65 bits per heavy atom. The lowest BCUT2D eigenvalue weighted by Gasteiger charge is -2.27. The van der Waals surface area contributed by atoms with Gasteiger partial charge < -0.3 is 10.2 Å². The SMILES string of the molecule is CN(Cc1ccccc1O)[C@H](CO)Cc1ccccc1. The lowest BCUT2D eigenvalue weighted by atomic mass is 10.0. The maximum absolute atomic E-state index is 9.81. The molecule has 0 aliphatic carbocycles. The molecule has 2 aromatic carbocycles. The predicted molar refractivity (Wildman–Crippen MR) is 80.6 cm³/mol. The molecule has 1 atom stereocenters. The standard InChI is InChI=1S/C17H21NO2/c1-18(12-15-9-5-6-10-17(15)20)16(13-19)11-14-7-3-2-4-8-14/h2-10,16,19-20H,11-13H2,1H3/t16-/m0/s1. The van der Waals surface area contributed by atoms with Crippen LogP contribution in [-0.4, -0.2) is 34.8 Å². The Kier molecular flexibility index (Phi) is 5.16. The Morgan fingerprint density at radius 1 is 1.00 bits per heavy atom. The number of aromatic hydroxyl groups is 1. The van der Waals surface area contributed by atoms with Gasteiger partial charge in [-0.3, -0.25) is 4.90 Å². The van der Waals surface area contributed by atoms with Gasteiger partial charge in [-0.15, -0.1) is 0 Å². The summed E-state index contributed by atoms with van der Waals surface area (Å²) in [7, 11) is 1.97. The fourth-order valence-electron chi connectivity index (χ4n) is 2.29. The Balaban J connectivity index is 2.02. The van der Waals surface area contributed by atoms with Gasteiger partial charge in [0.2, 0.25) is 0 Å². The zero-order valence-electron chi connectivity index (χ0n) is 11.7. The highest BCUT2D eigenvalue weighted by atomic mass is 16.3. The van der Waals surface area contributed by atoms with Crippen molar-refractivity contribution in [1.82, 2.24) is 4.90 Å². The van der Waals surface area contributed by atoms with E-state index in [1.54, 1.807) is 6.07 Å². The van der Waals surface area contributed by atoms with Crippen LogP contribution < -0.4 is 0 Å². The van der Waals surface area contributed by atoms with Gasteiger partial charge in [0.05, 0.1) is 6.61 Å². The van der Waals surface area contributed by atoms with E-state index in [0.29, 0.717) is 12.3 Å². The van der Waals surface area contributed by atoms with Gasteiger partial charge in [-0.2, -0.15) is 0 Å². The van der Waals surface area contributed by atoms with Gasteiger partial charge >= 0.3 is 0 Å². The molecule has 3 heteroatoms. The van der Waals surface area contributed by atoms with Gasteiger partial charge in [-0.25, -0.2) is 0 Å². The third-order valence-corrected chi connectivity index (χ3v) is 3.56. The summed E-state index contributed by atoms with van der Waals surface area (Å²) < 4.78 is 0. The molecule has 0 aliphatic heterocycles. The molecular formula is C17H21NO2. The van der Waals surface area contributed by atoms with E-state index in [1.807, 2.05) is 43.4 Å². The smallest absolute Gasteiger partial charge is 0.120 e. The molecule has 0 fully saturated rings. The molecule has 3 nitrogen and oxygen atoms in total. The average Bonchev–Trinajstić information content (AvgIpc) is 2.48. The fourth-order valence-corrected chi connectivity index (χ4v) is 2.29. The first kappa shape index (κ1) is 14.6. The van der Waals surface area contributed by atoms with Crippen molar-refractivity contribution in [2.45, 2.75) is 19.0 Å². The van der Waals surface area contributed by atoms with Crippen LogP contribution in [0.4, 0.5) is 0 Å². The van der Waals surface area contributed by atoms with Crippen LogP contribution in [-0.2, 0) is 13.0 Å². The first-order chi connectivity index (χ1) is 9.70. The number of hydrogen-bond donors (Lipinski definition) is 2. The van der Waals surface area contributed by atoms with Crippen molar-refractivity contribution in [3.05, 3.63) is 65.7 Å². The number of rotatable bonds is 6. The number of aliphatic hydroxyl groups is 1. The van der Waals surface area contributed by atoms with Gasteiger partial charge in [-0.1, -0.05) is 48.5 Å². The number of nitrogens with zero attached hydrogens (tertiary/aromatic N) is 1. The van der Waals surface area contributed by atoms with E-state index in [0.717, 1.165) is 12.0 Å². The highest BCUT2D eigenvalue weighted by Gasteiger charge is 2.15. The highest BCUT2D eigenvalue weighted by molar-refractivity contribution is 5.31.